The summed E-state index contributed by atoms with van der Waals surface area (Å²) in [7, 11) is 0. The van der Waals surface area contributed by atoms with E-state index in [4.69, 9.17) is 10.5 Å². The Morgan fingerprint density at radius 2 is 2.00 bits per heavy atom. The van der Waals surface area contributed by atoms with Crippen molar-refractivity contribution in [3.05, 3.63) is 71.7 Å². The molecule has 13 heteroatoms. The lowest BCUT2D eigenvalue weighted by atomic mass is 9.98. The topological polar surface area (TPSA) is 128 Å². The number of alkyl halides is 3. The molecule has 1 aliphatic rings. The van der Waals surface area contributed by atoms with Crippen LogP contribution in [0.3, 0.4) is 0 Å². The number of ether oxygens (including phenoxy) is 1. The third-order valence-electron chi connectivity index (χ3n) is 6.36. The van der Waals surface area contributed by atoms with Crippen LogP contribution < -0.4 is 11.1 Å². The largest absolute Gasteiger partial charge is 0.416 e. The zero-order valence-electron chi connectivity index (χ0n) is 19.7. The number of hydrogen-bond donors (Lipinski definition) is 3. The van der Waals surface area contributed by atoms with E-state index in [2.05, 4.69) is 20.3 Å². The summed E-state index contributed by atoms with van der Waals surface area (Å²) < 4.78 is 61.6. The number of nitrogens with zero attached hydrogens (tertiary/aromatic N) is 4. The molecule has 1 aromatic carbocycles. The Kier molecular flexibility index (Phi) is 6.71. The van der Waals surface area contributed by atoms with Gasteiger partial charge in [-0.05, 0) is 43.2 Å². The molecule has 4 aromatic rings. The molecule has 4 N–H and O–H groups in total. The number of pyridine rings is 1. The van der Waals surface area contributed by atoms with Gasteiger partial charge in [0.05, 0.1) is 24.9 Å². The fourth-order valence-electron chi connectivity index (χ4n) is 4.43. The molecule has 5 rings (SSSR count). The highest BCUT2D eigenvalue weighted by molar-refractivity contribution is 6.04. The van der Waals surface area contributed by atoms with Gasteiger partial charge >= 0.3 is 6.18 Å². The number of anilines is 2. The first kappa shape index (κ1) is 25.5. The van der Waals surface area contributed by atoms with Gasteiger partial charge in [0.15, 0.2) is 0 Å². The van der Waals surface area contributed by atoms with E-state index in [0.717, 1.165) is 18.3 Å². The van der Waals surface area contributed by atoms with Gasteiger partial charge in [0.25, 0.3) is 5.91 Å². The predicted octanol–water partition coefficient (Wildman–Crippen LogP) is 4.04. The Balaban J connectivity index is 1.45. The van der Waals surface area contributed by atoms with E-state index >= 15 is 4.39 Å². The Morgan fingerprint density at radius 1 is 1.18 bits per heavy atom. The number of nitrogens with one attached hydrogen (secondary N) is 1. The summed E-state index contributed by atoms with van der Waals surface area (Å²) in [6.07, 6.45) is 0.556. The van der Waals surface area contributed by atoms with Crippen molar-refractivity contribution in [1.29, 1.82) is 0 Å². The molecule has 3 aromatic heterocycles. The zero-order valence-corrected chi connectivity index (χ0v) is 19.7. The van der Waals surface area contributed by atoms with E-state index in [1.165, 1.54) is 18.3 Å². The van der Waals surface area contributed by atoms with E-state index < -0.39 is 23.5 Å². The fourth-order valence-corrected chi connectivity index (χ4v) is 4.43. The minimum absolute atomic E-state index is 0.0622. The van der Waals surface area contributed by atoms with Gasteiger partial charge in [-0.15, -0.1) is 0 Å². The number of aliphatic hydroxyl groups excluding tert-OH is 1. The average molecular weight is 530 g/mol. The summed E-state index contributed by atoms with van der Waals surface area (Å²) >= 11 is 0. The number of aromatic nitrogens is 4. The second-order valence-electron chi connectivity index (χ2n) is 8.84. The van der Waals surface area contributed by atoms with E-state index in [-0.39, 0.29) is 47.1 Å². The average Bonchev–Trinajstić information content (AvgIpc) is 3.29. The van der Waals surface area contributed by atoms with Gasteiger partial charge in [-0.1, -0.05) is 0 Å². The van der Waals surface area contributed by atoms with Crippen LogP contribution in [0.5, 0.6) is 0 Å². The van der Waals surface area contributed by atoms with Crippen LogP contribution in [-0.2, 0) is 10.9 Å². The van der Waals surface area contributed by atoms with Crippen LogP contribution >= 0.6 is 0 Å². The maximum absolute atomic E-state index is 15.4. The molecule has 9 nitrogen and oxygen atoms in total. The Labute approximate surface area is 213 Å². The number of nitrogen functional groups attached to an aromatic ring is 1. The second-order valence-corrected chi connectivity index (χ2v) is 8.84. The molecule has 0 saturated carbocycles. The number of benzene rings is 1. The number of fused-ring (bicyclic) bond motifs is 1. The van der Waals surface area contributed by atoms with Crippen molar-refractivity contribution in [3.63, 3.8) is 0 Å². The summed E-state index contributed by atoms with van der Waals surface area (Å²) in [4.78, 5) is 25.1. The molecule has 4 heterocycles. The molecule has 38 heavy (non-hydrogen) atoms. The normalized spacial score (nSPS) is 18.0. The molecule has 2 atom stereocenters. The molecule has 0 spiro atoms. The SMILES string of the molecule is Nc1nccn2c(C3CCC(CO)OC3)nc(-c3ccc(C(=O)Nc4cc(C(F)(F)F)ccn4)cc3F)c12. The molecule has 1 saturated heterocycles. The molecule has 2 unspecified atom stereocenters. The van der Waals surface area contributed by atoms with Gasteiger partial charge in [0, 0.05) is 35.6 Å². The molecule has 0 aliphatic carbocycles. The zero-order chi connectivity index (χ0) is 27.0. The fraction of sp³-hybridized carbons (Fsp3) is 0.280. The molecular formula is C25H22F4N6O3. The molecular weight excluding hydrogens is 508 g/mol. The van der Waals surface area contributed by atoms with Crippen LogP contribution in [0.4, 0.5) is 29.2 Å². The number of carbonyl (C=O) groups is 1. The monoisotopic (exact) mass is 530 g/mol. The van der Waals surface area contributed by atoms with E-state index in [1.54, 1.807) is 10.6 Å². The first-order valence-electron chi connectivity index (χ1n) is 11.6. The number of nitrogens with two attached hydrogens (primary N) is 1. The predicted molar refractivity (Wildman–Crippen MR) is 129 cm³/mol. The van der Waals surface area contributed by atoms with Crippen LogP contribution in [0.15, 0.2) is 48.9 Å². The third-order valence-corrected chi connectivity index (χ3v) is 6.36. The number of amides is 1. The van der Waals surface area contributed by atoms with Crippen molar-refractivity contribution in [2.24, 2.45) is 0 Å². The molecule has 0 bridgehead atoms. The number of carbonyl (C=O) groups excluding carboxylic acids is 1. The lowest BCUT2D eigenvalue weighted by Gasteiger charge is -2.27. The number of rotatable bonds is 5. The summed E-state index contributed by atoms with van der Waals surface area (Å²) in [5.41, 5.74) is 5.69. The lowest BCUT2D eigenvalue weighted by molar-refractivity contribution is -0.137. The summed E-state index contributed by atoms with van der Waals surface area (Å²) in [5, 5.41) is 11.6. The maximum atomic E-state index is 15.4. The maximum Gasteiger partial charge on any atom is 0.416 e. The van der Waals surface area contributed by atoms with Crippen molar-refractivity contribution < 1.29 is 32.2 Å². The Morgan fingerprint density at radius 3 is 2.68 bits per heavy atom. The highest BCUT2D eigenvalue weighted by Crippen LogP contribution is 2.35. The third kappa shape index (κ3) is 4.89. The Hall–Kier alpha value is -4.10. The van der Waals surface area contributed by atoms with Crippen molar-refractivity contribution in [2.75, 3.05) is 24.3 Å². The van der Waals surface area contributed by atoms with Gasteiger partial charge in [-0.3, -0.25) is 9.20 Å². The molecule has 1 amide bonds. The van der Waals surface area contributed by atoms with E-state index in [9.17, 15) is 23.1 Å². The molecule has 1 fully saturated rings. The van der Waals surface area contributed by atoms with Crippen molar-refractivity contribution >= 4 is 23.1 Å². The van der Waals surface area contributed by atoms with Crippen LogP contribution in [0.25, 0.3) is 16.8 Å². The van der Waals surface area contributed by atoms with E-state index in [1.807, 2.05) is 0 Å². The Bertz CT molecular complexity index is 1500. The van der Waals surface area contributed by atoms with Crippen LogP contribution in [0.1, 0.15) is 40.5 Å². The quantitative estimate of drug-likeness (QED) is 0.332. The standard InChI is InChI=1S/C25H22F4N6O3/c26-18-9-13(24(37)33-19-10-15(5-6-31-19)25(27,28)29)2-4-17(18)20-21-22(30)32-7-8-35(21)23(34-20)14-1-3-16(11-36)38-12-14/h2,4-10,14,16,36H,1,3,11-12H2,(H2,30,32)(H,31,33,37). The smallest absolute Gasteiger partial charge is 0.394 e. The van der Waals surface area contributed by atoms with Gasteiger partial charge in [-0.2, -0.15) is 13.2 Å². The number of imidazole rings is 1. The minimum atomic E-state index is -4.61. The van der Waals surface area contributed by atoms with Crippen LogP contribution in [-0.4, -0.2) is 49.7 Å². The molecule has 198 valence electrons. The summed E-state index contributed by atoms with van der Waals surface area (Å²) in [6, 6.07) is 5.11. The lowest BCUT2D eigenvalue weighted by Crippen LogP contribution is -2.28. The van der Waals surface area contributed by atoms with Crippen molar-refractivity contribution in [2.45, 2.75) is 31.0 Å². The van der Waals surface area contributed by atoms with Gasteiger partial charge in [0.1, 0.15) is 34.5 Å². The van der Waals surface area contributed by atoms with Gasteiger partial charge in [0.2, 0.25) is 0 Å². The number of aliphatic hydroxyl groups is 1. The highest BCUT2D eigenvalue weighted by Gasteiger charge is 2.31. The van der Waals surface area contributed by atoms with Crippen molar-refractivity contribution in [3.8, 4) is 11.3 Å². The first-order valence-corrected chi connectivity index (χ1v) is 11.6. The van der Waals surface area contributed by atoms with Gasteiger partial charge < -0.3 is 20.9 Å². The highest BCUT2D eigenvalue weighted by atomic mass is 19.4. The second kappa shape index (κ2) is 9.99. The van der Waals surface area contributed by atoms with E-state index in [0.29, 0.717) is 36.9 Å². The first-order chi connectivity index (χ1) is 18.2. The number of halogens is 4. The van der Waals surface area contributed by atoms with Crippen LogP contribution in [0, 0.1) is 5.82 Å². The van der Waals surface area contributed by atoms with Crippen LogP contribution in [0.2, 0.25) is 0 Å². The minimum Gasteiger partial charge on any atom is -0.394 e. The van der Waals surface area contributed by atoms with Gasteiger partial charge in [-0.25, -0.2) is 19.3 Å². The van der Waals surface area contributed by atoms with Crippen molar-refractivity contribution in [1.82, 2.24) is 19.4 Å². The number of hydrogen-bond acceptors (Lipinski definition) is 7. The molecule has 1 aliphatic heterocycles. The summed E-state index contributed by atoms with van der Waals surface area (Å²) in [6.45, 7) is 0.239. The summed E-state index contributed by atoms with van der Waals surface area (Å²) in [5.74, 6) is -1.35. The molecule has 0 radical (unpaired) electrons.